The number of fused-ring (bicyclic) bond motifs is 1. The van der Waals surface area contributed by atoms with Gasteiger partial charge in [0.15, 0.2) is 0 Å². The topological polar surface area (TPSA) is 74.6 Å². The van der Waals surface area contributed by atoms with E-state index in [0.29, 0.717) is 17.2 Å². The minimum Gasteiger partial charge on any atom is -0.477 e. The van der Waals surface area contributed by atoms with E-state index in [0.717, 1.165) is 38.8 Å². The predicted molar refractivity (Wildman–Crippen MR) is 105 cm³/mol. The van der Waals surface area contributed by atoms with Gasteiger partial charge >= 0.3 is 5.97 Å². The molecule has 0 bridgehead atoms. The van der Waals surface area contributed by atoms with Crippen molar-refractivity contribution in [3.63, 3.8) is 0 Å². The number of benzene rings is 1. The lowest BCUT2D eigenvalue weighted by atomic mass is 10.0. The molecule has 148 valence electrons. The van der Waals surface area contributed by atoms with Crippen molar-refractivity contribution in [1.29, 1.82) is 0 Å². The number of carboxylic acid groups (broad SMARTS) is 1. The highest BCUT2D eigenvalue weighted by Gasteiger charge is 2.54. The maximum atomic E-state index is 15.4. The first-order valence-electron chi connectivity index (χ1n) is 9.90. The van der Waals surface area contributed by atoms with Crippen LogP contribution in [0.2, 0.25) is 0 Å². The summed E-state index contributed by atoms with van der Waals surface area (Å²) in [6.45, 7) is 3.13. The molecule has 2 aliphatic carbocycles. The van der Waals surface area contributed by atoms with Gasteiger partial charge in [-0.3, -0.25) is 4.79 Å². The van der Waals surface area contributed by atoms with Gasteiger partial charge in [0.1, 0.15) is 11.4 Å². The third kappa shape index (κ3) is 2.42. The second kappa shape index (κ2) is 5.80. The maximum Gasteiger partial charge on any atom is 0.341 e. The summed E-state index contributed by atoms with van der Waals surface area (Å²) in [5.74, 6) is -1.68. The number of nitrogens with one attached hydrogen (secondary N) is 1. The van der Waals surface area contributed by atoms with Gasteiger partial charge in [-0.2, -0.15) is 0 Å². The Kier molecular flexibility index (Phi) is 3.66. The maximum absolute atomic E-state index is 15.4. The molecular formula is C21H24FN3O3. The Morgan fingerprint density at radius 1 is 1.36 bits per heavy atom. The van der Waals surface area contributed by atoms with Crippen LogP contribution in [0.15, 0.2) is 17.1 Å². The first-order valence-corrected chi connectivity index (χ1v) is 9.90. The Hall–Kier alpha value is -2.41. The summed E-state index contributed by atoms with van der Waals surface area (Å²) in [6, 6.07) is 2.28. The highest BCUT2D eigenvalue weighted by molar-refractivity contribution is 5.95. The fourth-order valence-corrected chi connectivity index (χ4v) is 4.91. The average Bonchev–Trinajstić information content (AvgIpc) is 3.56. The second-order valence-corrected chi connectivity index (χ2v) is 8.63. The van der Waals surface area contributed by atoms with Crippen molar-refractivity contribution in [2.24, 2.45) is 5.41 Å². The molecule has 0 radical (unpaired) electrons. The van der Waals surface area contributed by atoms with Gasteiger partial charge in [0, 0.05) is 42.3 Å². The summed E-state index contributed by atoms with van der Waals surface area (Å²) < 4.78 is 17.3. The predicted octanol–water partition coefficient (Wildman–Crippen LogP) is 2.67. The number of carboxylic acids is 1. The van der Waals surface area contributed by atoms with Crippen LogP contribution in [0.25, 0.3) is 10.9 Å². The monoisotopic (exact) mass is 385 g/mol. The molecule has 2 aromatic rings. The van der Waals surface area contributed by atoms with E-state index in [1.165, 1.54) is 6.20 Å². The quantitative estimate of drug-likeness (QED) is 0.847. The molecule has 3 aliphatic rings. The first kappa shape index (κ1) is 17.7. The fraction of sp³-hybridized carbons (Fsp3) is 0.524. The van der Waals surface area contributed by atoms with E-state index in [1.54, 1.807) is 13.0 Å². The molecule has 1 atom stereocenters. The molecule has 1 aliphatic heterocycles. The molecule has 2 saturated carbocycles. The minimum absolute atomic E-state index is 0.178. The fourth-order valence-electron chi connectivity index (χ4n) is 4.91. The standard InChI is InChI=1S/C21H24FN3O3/c1-11-17-14(25(12-3-4-12)8-13(19(17)26)20(27)28)7-15(18(11)22)24-9-16(23-2)21(10-24)5-6-21/h7-8,12,16,23H,3-6,9-10H2,1-2H3,(H,27,28)/t16-/m0/s1. The van der Waals surface area contributed by atoms with Gasteiger partial charge in [0.25, 0.3) is 0 Å². The smallest absolute Gasteiger partial charge is 0.341 e. The molecule has 7 heteroatoms. The molecule has 2 N–H and O–H groups in total. The highest BCUT2D eigenvalue weighted by atomic mass is 19.1. The Labute approximate surface area is 161 Å². The van der Waals surface area contributed by atoms with Crippen LogP contribution in [0, 0.1) is 18.2 Å². The largest absolute Gasteiger partial charge is 0.477 e. The molecule has 3 fully saturated rings. The van der Waals surface area contributed by atoms with E-state index in [2.05, 4.69) is 10.2 Å². The van der Waals surface area contributed by atoms with Gasteiger partial charge < -0.3 is 19.9 Å². The second-order valence-electron chi connectivity index (χ2n) is 8.63. The van der Waals surface area contributed by atoms with E-state index in [1.807, 2.05) is 11.6 Å². The molecule has 1 saturated heterocycles. The molecule has 28 heavy (non-hydrogen) atoms. The summed E-state index contributed by atoms with van der Waals surface area (Å²) in [6.07, 6.45) is 5.62. The van der Waals surface area contributed by atoms with Gasteiger partial charge in [-0.05, 0) is 45.7 Å². The lowest BCUT2D eigenvalue weighted by Crippen LogP contribution is -2.34. The normalized spacial score (nSPS) is 23.0. The molecular weight excluding hydrogens is 361 g/mol. The van der Waals surface area contributed by atoms with Crippen LogP contribution in [0.4, 0.5) is 10.1 Å². The van der Waals surface area contributed by atoms with Crippen LogP contribution in [0.3, 0.4) is 0 Å². The van der Waals surface area contributed by atoms with Crippen molar-refractivity contribution < 1.29 is 14.3 Å². The molecule has 2 heterocycles. The zero-order valence-corrected chi connectivity index (χ0v) is 16.1. The third-order valence-corrected chi connectivity index (χ3v) is 6.88. The van der Waals surface area contributed by atoms with Gasteiger partial charge in [-0.15, -0.1) is 0 Å². The number of carbonyl (C=O) groups is 1. The van der Waals surface area contributed by atoms with E-state index in [9.17, 15) is 14.7 Å². The van der Waals surface area contributed by atoms with Crippen LogP contribution in [0.1, 0.15) is 47.6 Å². The molecule has 1 spiro atoms. The zero-order valence-electron chi connectivity index (χ0n) is 16.1. The summed E-state index contributed by atoms with van der Waals surface area (Å²) in [4.78, 5) is 26.4. The zero-order chi connectivity index (χ0) is 19.8. The molecule has 1 aromatic heterocycles. The van der Waals surface area contributed by atoms with Crippen LogP contribution in [-0.4, -0.2) is 41.8 Å². The molecule has 1 aromatic carbocycles. The Morgan fingerprint density at radius 2 is 2.07 bits per heavy atom. The van der Waals surface area contributed by atoms with Gasteiger partial charge in [-0.25, -0.2) is 9.18 Å². The van der Waals surface area contributed by atoms with Crippen molar-refractivity contribution in [2.45, 2.75) is 44.7 Å². The highest BCUT2D eigenvalue weighted by Crippen LogP contribution is 2.54. The van der Waals surface area contributed by atoms with E-state index in [-0.39, 0.29) is 28.0 Å². The number of aromatic carboxylic acids is 1. The van der Waals surface area contributed by atoms with Crippen LogP contribution < -0.4 is 15.6 Å². The number of halogens is 1. The lowest BCUT2D eigenvalue weighted by Gasteiger charge is -2.23. The van der Waals surface area contributed by atoms with Crippen molar-refractivity contribution in [3.8, 4) is 0 Å². The number of pyridine rings is 1. The summed E-state index contributed by atoms with van der Waals surface area (Å²) in [7, 11) is 1.95. The van der Waals surface area contributed by atoms with E-state index < -0.39 is 17.2 Å². The van der Waals surface area contributed by atoms with Crippen LogP contribution >= 0.6 is 0 Å². The number of hydrogen-bond acceptors (Lipinski definition) is 4. The molecule has 0 unspecified atom stereocenters. The van der Waals surface area contributed by atoms with Gasteiger partial charge in [-0.1, -0.05) is 0 Å². The first-order chi connectivity index (χ1) is 13.4. The van der Waals surface area contributed by atoms with Crippen LogP contribution in [-0.2, 0) is 0 Å². The Bertz CT molecular complexity index is 1070. The Balaban J connectivity index is 1.72. The molecule has 6 nitrogen and oxygen atoms in total. The summed E-state index contributed by atoms with van der Waals surface area (Å²) in [5.41, 5.74) is 0.745. The van der Waals surface area contributed by atoms with Crippen LogP contribution in [0.5, 0.6) is 0 Å². The number of hydrogen-bond donors (Lipinski definition) is 2. The number of aromatic nitrogens is 1. The van der Waals surface area contributed by atoms with Gasteiger partial charge in [0.2, 0.25) is 5.43 Å². The number of aryl methyl sites for hydroxylation is 1. The average molecular weight is 385 g/mol. The molecule has 0 amide bonds. The minimum atomic E-state index is -1.27. The Morgan fingerprint density at radius 3 is 2.61 bits per heavy atom. The van der Waals surface area contributed by atoms with Gasteiger partial charge in [0.05, 0.1) is 16.6 Å². The van der Waals surface area contributed by atoms with Crippen molar-refractivity contribution in [2.75, 3.05) is 25.0 Å². The van der Waals surface area contributed by atoms with Crippen molar-refractivity contribution in [3.05, 3.63) is 39.4 Å². The van der Waals surface area contributed by atoms with E-state index >= 15 is 4.39 Å². The summed E-state index contributed by atoms with van der Waals surface area (Å²) >= 11 is 0. The molecule has 5 rings (SSSR count). The third-order valence-electron chi connectivity index (χ3n) is 6.88. The number of likely N-dealkylation sites (N-methyl/N-ethyl adjacent to an activating group) is 1. The lowest BCUT2D eigenvalue weighted by molar-refractivity contribution is 0.0695. The van der Waals surface area contributed by atoms with E-state index in [4.69, 9.17) is 0 Å². The number of rotatable bonds is 4. The van der Waals surface area contributed by atoms with Crippen molar-refractivity contribution in [1.82, 2.24) is 9.88 Å². The number of nitrogens with zero attached hydrogens (tertiary/aromatic N) is 2. The summed E-state index contributed by atoms with van der Waals surface area (Å²) in [5, 5.41) is 13.0. The van der Waals surface area contributed by atoms with Crippen molar-refractivity contribution >= 4 is 22.6 Å². The number of anilines is 1. The SMILES string of the molecule is CN[C@H]1CN(c2cc3c(c(C)c2F)c(=O)c(C(=O)O)cn3C2CC2)CC12CC2.